The van der Waals surface area contributed by atoms with Gasteiger partial charge in [-0.1, -0.05) is 0 Å². The summed E-state index contributed by atoms with van der Waals surface area (Å²) < 4.78 is 161. The van der Waals surface area contributed by atoms with E-state index in [1.54, 1.807) is 0 Å². The molecule has 216 valence electrons. The summed E-state index contributed by atoms with van der Waals surface area (Å²) in [5.74, 6) is -28.7. The fraction of sp³-hybridized carbons (Fsp3) is 0. The van der Waals surface area contributed by atoms with Gasteiger partial charge in [-0.25, -0.2) is 43.9 Å². The second-order valence-electron chi connectivity index (χ2n) is 4.46. The maximum absolute atomic E-state index is 12.5. The number of carbonyl (C=O) groups excluding carboxylic acids is 2. The van der Waals surface area contributed by atoms with E-state index in [1.807, 2.05) is 0 Å². The smallest absolute Gasteiger partial charge is 1.00 e. The van der Waals surface area contributed by atoms with Gasteiger partial charge >= 0.3 is 95.5 Å². The molecule has 0 amide bonds. The topological polar surface area (TPSA) is 180 Å². The van der Waals surface area contributed by atoms with Gasteiger partial charge in [-0.05, 0) is 0 Å². The van der Waals surface area contributed by atoms with Crippen LogP contribution in [0.1, 0.15) is 20.7 Å². The second-order valence-corrected chi connectivity index (χ2v) is 4.46. The van der Waals surface area contributed by atoms with Gasteiger partial charge in [-0.15, -0.1) is 0 Å². The van der Waals surface area contributed by atoms with Crippen LogP contribution in [-0.2, 0) is 62.2 Å². The normalized spacial score (nSPS) is 7.50. The maximum Gasteiger partial charge on any atom is 1.00 e. The molecule has 0 bridgehead atoms. The van der Waals surface area contributed by atoms with Crippen molar-refractivity contribution in [3.8, 4) is 0 Å². The number of aromatic carboxylic acids is 2. The Hall–Kier alpha value is -3.37. The number of carboxylic acid groups (broad SMARTS) is 2. The van der Waals surface area contributed by atoms with Gasteiger partial charge in [0.25, 0.3) is 0 Å². The second kappa shape index (κ2) is 28.6. The summed E-state index contributed by atoms with van der Waals surface area (Å²) in [7, 11) is 0. The van der Waals surface area contributed by atoms with Gasteiger partial charge in [-0.3, -0.25) is 0 Å². The number of hydrogen-bond acceptors (Lipinski definition) is 4. The molecule has 0 N–H and O–H groups in total. The summed E-state index contributed by atoms with van der Waals surface area (Å²) in [4.78, 5) is 20.0. The van der Waals surface area contributed by atoms with Crippen molar-refractivity contribution in [2.75, 3.05) is 0 Å². The molecule has 0 spiro atoms. The number of hydrogen-bond donors (Lipinski definition) is 0. The molecule has 0 atom stereocenters. The number of benzene rings is 2. The van der Waals surface area contributed by atoms with E-state index >= 15 is 0 Å². The Morgan fingerprint density at radius 1 is 0.375 bits per heavy atom. The molecule has 40 heavy (non-hydrogen) atoms. The first-order chi connectivity index (χ1) is 17.7. The minimum Gasteiger partial charge on any atom is 1.00 e. The van der Waals surface area contributed by atoms with Gasteiger partial charge in [-0.2, -0.15) is 0 Å². The molecule has 0 aromatic heterocycles. The van der Waals surface area contributed by atoms with E-state index in [1.165, 1.54) is 0 Å². The van der Waals surface area contributed by atoms with Gasteiger partial charge in [0, 0.05) is 0 Å². The molecular weight excluding hydrogens is 764 g/mol. The molecule has 0 heterocycles. The number of rotatable bonds is 2. The SMILES string of the molecule is O=C([O-])c1c(F)c(F)c(F)c(F)c1F.O=C([O-])c1c(F)c(F)c(F)c(F)c1F.[C-]#[O+].[C-]#[O+].[C-]#[O+].[C-]#[O+].[C-]#[O+].[Ru+].[Ru+]. The van der Waals surface area contributed by atoms with Crippen LogP contribution in [0.4, 0.5) is 43.9 Å². The van der Waals surface area contributed by atoms with Gasteiger partial charge < -0.3 is 19.8 Å². The quantitative estimate of drug-likeness (QED) is 0.112. The summed E-state index contributed by atoms with van der Waals surface area (Å²) in [6.07, 6.45) is 0. The maximum atomic E-state index is 12.5. The molecule has 9 nitrogen and oxygen atoms in total. The molecule has 0 aliphatic carbocycles. The fourth-order valence-electron chi connectivity index (χ4n) is 1.57. The third-order valence-electron chi connectivity index (χ3n) is 2.83. The Kier molecular flexibility index (Phi) is 37.9. The molecule has 0 saturated carbocycles. The van der Waals surface area contributed by atoms with Crippen molar-refractivity contribution in [1.82, 2.24) is 0 Å². The van der Waals surface area contributed by atoms with Crippen LogP contribution in [0.15, 0.2) is 0 Å². The molecule has 21 heteroatoms. The van der Waals surface area contributed by atoms with E-state index < -0.39 is 81.2 Å². The first kappa shape index (κ1) is 53.0. The Bertz CT molecular complexity index is 1060. The molecule has 0 fully saturated rings. The third kappa shape index (κ3) is 14.1. The predicted molar refractivity (Wildman–Crippen MR) is 80.8 cm³/mol. The van der Waals surface area contributed by atoms with E-state index in [0.717, 1.165) is 0 Å². The van der Waals surface area contributed by atoms with Gasteiger partial charge in [0.15, 0.2) is 46.5 Å². The van der Waals surface area contributed by atoms with Crippen LogP contribution in [0, 0.1) is 91.4 Å². The van der Waals surface area contributed by atoms with Gasteiger partial charge in [0.1, 0.15) is 0 Å². The first-order valence-electron chi connectivity index (χ1n) is 7.23. The average Bonchev–Trinajstić information content (AvgIpc) is 2.94. The Labute approximate surface area is 240 Å². The van der Waals surface area contributed by atoms with E-state index in [4.69, 9.17) is 23.3 Å². The minimum absolute atomic E-state index is 0. The summed E-state index contributed by atoms with van der Waals surface area (Å²) >= 11 is 0. The zero-order valence-corrected chi connectivity index (χ0v) is 21.1. The van der Waals surface area contributed by atoms with Crippen LogP contribution in [0.3, 0.4) is 0 Å². The van der Waals surface area contributed by atoms with Crippen LogP contribution >= 0.6 is 0 Å². The van der Waals surface area contributed by atoms with Crippen LogP contribution in [-0.4, -0.2) is 11.9 Å². The third-order valence-corrected chi connectivity index (χ3v) is 2.83. The van der Waals surface area contributed by atoms with Crippen LogP contribution in [0.25, 0.3) is 0 Å². The zero-order valence-electron chi connectivity index (χ0n) is 17.7. The summed E-state index contributed by atoms with van der Waals surface area (Å²) in [6.45, 7) is 22.5. The molecule has 2 aromatic carbocycles. The average molecular weight is 764 g/mol. The molecule has 2 rings (SSSR count). The van der Waals surface area contributed by atoms with Crippen molar-refractivity contribution in [2.45, 2.75) is 0 Å². The van der Waals surface area contributed by atoms with Crippen molar-refractivity contribution < 1.29 is 126 Å². The standard InChI is InChI=1S/2C7HF5O2.5CO.2Ru/c2*8-2-1(7(13)14)3(9)5(11)6(12)4(2)10;5*1-2;;/h2*(H,13,14);;;;;;;/q;;;;;;;2*+1/p-2. The summed E-state index contributed by atoms with van der Waals surface area (Å²) in [5.41, 5.74) is -3.94. The molecule has 0 aliphatic heterocycles. The van der Waals surface area contributed by atoms with Crippen LogP contribution in [0.2, 0.25) is 0 Å². The van der Waals surface area contributed by atoms with Crippen LogP contribution < -0.4 is 10.2 Å². The molecule has 0 saturated heterocycles. The number of carboxylic acids is 2. The minimum atomic E-state index is -2.47. The molecule has 0 unspecified atom stereocenters. The fourth-order valence-corrected chi connectivity index (χ4v) is 1.57. The van der Waals surface area contributed by atoms with E-state index in [-0.39, 0.29) is 39.0 Å². The number of halogens is 10. The molecule has 0 aliphatic rings. The van der Waals surface area contributed by atoms with Crippen molar-refractivity contribution >= 4 is 11.9 Å². The van der Waals surface area contributed by atoms with Crippen molar-refractivity contribution in [2.24, 2.45) is 0 Å². The molecule has 2 aromatic rings. The first-order valence-corrected chi connectivity index (χ1v) is 7.23. The number of carbonyl (C=O) groups is 2. The van der Waals surface area contributed by atoms with E-state index in [2.05, 4.69) is 33.3 Å². The zero-order chi connectivity index (χ0) is 32.1. The largest absolute Gasteiger partial charge is 1.00 e. The van der Waals surface area contributed by atoms with Gasteiger partial charge in [0.05, 0.1) is 23.1 Å². The van der Waals surface area contributed by atoms with Crippen molar-refractivity contribution in [3.05, 3.63) is 103 Å². The van der Waals surface area contributed by atoms with Gasteiger partial charge in [0.2, 0.25) is 11.6 Å². The summed E-state index contributed by atoms with van der Waals surface area (Å²) in [5, 5.41) is 20.0. The Morgan fingerprint density at radius 3 is 0.575 bits per heavy atom. The van der Waals surface area contributed by atoms with E-state index in [9.17, 15) is 63.7 Å². The Morgan fingerprint density at radius 2 is 0.475 bits per heavy atom. The van der Waals surface area contributed by atoms with Crippen LogP contribution in [0.5, 0.6) is 0 Å². The van der Waals surface area contributed by atoms with Crippen molar-refractivity contribution in [1.29, 1.82) is 0 Å². The summed E-state index contributed by atoms with van der Waals surface area (Å²) in [6, 6.07) is 0. The molecule has 2 radical (unpaired) electrons. The predicted octanol–water partition coefficient (Wildman–Crippen LogP) is 1.30. The Balaban J connectivity index is -0.0000000798. The van der Waals surface area contributed by atoms with E-state index in [0.29, 0.717) is 0 Å². The monoisotopic (exact) mass is 766 g/mol. The van der Waals surface area contributed by atoms with Crippen molar-refractivity contribution in [3.63, 3.8) is 0 Å². The molecular formula is C19F10O9Ru2.